The molecule has 0 aliphatic carbocycles. The molecule has 8 nitrogen and oxygen atoms in total. The van der Waals surface area contributed by atoms with Gasteiger partial charge in [-0.3, -0.25) is 19.5 Å². The van der Waals surface area contributed by atoms with Crippen LogP contribution in [-0.2, 0) is 0 Å². The first-order chi connectivity index (χ1) is 15.0. The largest absolute Gasteiger partial charge is 0.493 e. The Morgan fingerprint density at radius 1 is 0.968 bits per heavy atom. The van der Waals surface area contributed by atoms with Crippen molar-refractivity contribution < 1.29 is 14.4 Å². The van der Waals surface area contributed by atoms with E-state index in [1.807, 2.05) is 6.07 Å². The van der Waals surface area contributed by atoms with Gasteiger partial charge in [0, 0.05) is 23.1 Å². The van der Waals surface area contributed by atoms with Crippen molar-refractivity contribution in [1.82, 2.24) is 9.55 Å². The molecule has 156 valence electrons. The smallest absolute Gasteiger partial charge is 0.269 e. The highest BCUT2D eigenvalue weighted by molar-refractivity contribution is 7.99. The average molecular weight is 435 g/mol. The number of nitro groups is 1. The molecule has 0 aliphatic heterocycles. The quantitative estimate of drug-likeness (QED) is 0.251. The van der Waals surface area contributed by atoms with Gasteiger partial charge >= 0.3 is 0 Å². The summed E-state index contributed by atoms with van der Waals surface area (Å²) in [6, 6.07) is 18.4. The maximum Gasteiger partial charge on any atom is 0.269 e. The zero-order valence-corrected chi connectivity index (χ0v) is 17.5. The highest BCUT2D eigenvalue weighted by atomic mass is 32.2. The molecule has 3 aromatic carbocycles. The summed E-state index contributed by atoms with van der Waals surface area (Å²) < 4.78 is 12.2. The molecule has 1 heterocycles. The summed E-state index contributed by atoms with van der Waals surface area (Å²) in [5, 5.41) is 11.8. The number of benzene rings is 3. The Hall–Kier alpha value is -3.85. The summed E-state index contributed by atoms with van der Waals surface area (Å²) in [6.07, 6.45) is 0. The number of rotatable bonds is 6. The van der Waals surface area contributed by atoms with Crippen LogP contribution < -0.4 is 15.0 Å². The summed E-state index contributed by atoms with van der Waals surface area (Å²) in [6.45, 7) is 0. The Bertz CT molecular complexity index is 1340. The van der Waals surface area contributed by atoms with Gasteiger partial charge in [-0.15, -0.1) is 0 Å². The van der Waals surface area contributed by atoms with E-state index in [0.29, 0.717) is 38.1 Å². The van der Waals surface area contributed by atoms with E-state index in [0.717, 1.165) is 0 Å². The van der Waals surface area contributed by atoms with Crippen LogP contribution in [0.25, 0.3) is 16.6 Å². The molecule has 4 rings (SSSR count). The minimum absolute atomic E-state index is 0.00639. The maximum atomic E-state index is 13.4. The number of nitrogens with zero attached hydrogens (tertiary/aromatic N) is 3. The molecule has 0 saturated carbocycles. The molecule has 4 aromatic rings. The summed E-state index contributed by atoms with van der Waals surface area (Å²) in [5.41, 5.74) is 0.884. The lowest BCUT2D eigenvalue weighted by atomic mass is 10.2. The van der Waals surface area contributed by atoms with Crippen molar-refractivity contribution in [1.29, 1.82) is 0 Å². The van der Waals surface area contributed by atoms with Crippen LogP contribution in [0.1, 0.15) is 0 Å². The number of para-hydroxylation sites is 1. The van der Waals surface area contributed by atoms with Crippen LogP contribution in [0.4, 0.5) is 5.69 Å². The molecule has 0 atom stereocenters. The number of nitro benzene ring substituents is 1. The molecule has 0 N–H and O–H groups in total. The van der Waals surface area contributed by atoms with Gasteiger partial charge in [0.15, 0.2) is 16.7 Å². The van der Waals surface area contributed by atoms with Crippen molar-refractivity contribution in [3.8, 4) is 17.2 Å². The maximum absolute atomic E-state index is 13.4. The van der Waals surface area contributed by atoms with E-state index in [1.54, 1.807) is 48.5 Å². The Morgan fingerprint density at radius 2 is 1.68 bits per heavy atom. The van der Waals surface area contributed by atoms with Crippen molar-refractivity contribution in [2.45, 2.75) is 10.1 Å². The lowest BCUT2D eigenvalue weighted by Crippen LogP contribution is -2.21. The van der Waals surface area contributed by atoms with Gasteiger partial charge in [-0.25, -0.2) is 4.98 Å². The standard InChI is InChI=1S/C22H17N3O5S/c1-29-19-12-9-15(13-20(19)30-2)24-21(26)17-5-3-4-6-18(17)23-22(24)31-16-10-7-14(8-11-16)25(27)28/h3-13H,1-2H3. The first kappa shape index (κ1) is 20.4. The fraction of sp³-hybridized carbons (Fsp3) is 0.0909. The van der Waals surface area contributed by atoms with E-state index in [9.17, 15) is 14.9 Å². The summed E-state index contributed by atoms with van der Waals surface area (Å²) >= 11 is 1.24. The van der Waals surface area contributed by atoms with E-state index < -0.39 is 4.92 Å². The van der Waals surface area contributed by atoms with Crippen molar-refractivity contribution in [2.24, 2.45) is 0 Å². The molecular weight excluding hydrogens is 418 g/mol. The van der Waals surface area contributed by atoms with Crippen LogP contribution in [0.3, 0.4) is 0 Å². The van der Waals surface area contributed by atoms with E-state index in [4.69, 9.17) is 9.47 Å². The molecule has 0 aliphatic rings. The molecule has 0 radical (unpaired) electrons. The molecule has 31 heavy (non-hydrogen) atoms. The Labute approximate surface area is 181 Å². The summed E-state index contributed by atoms with van der Waals surface area (Å²) in [5.74, 6) is 1.02. The van der Waals surface area contributed by atoms with Gasteiger partial charge in [0.1, 0.15) is 0 Å². The average Bonchev–Trinajstić information content (AvgIpc) is 2.79. The van der Waals surface area contributed by atoms with Gasteiger partial charge in [0.05, 0.1) is 35.7 Å². The topological polar surface area (TPSA) is 96.5 Å². The van der Waals surface area contributed by atoms with E-state index >= 15 is 0 Å². The van der Waals surface area contributed by atoms with Crippen molar-refractivity contribution in [3.63, 3.8) is 0 Å². The van der Waals surface area contributed by atoms with E-state index in [-0.39, 0.29) is 11.2 Å². The second kappa shape index (κ2) is 8.49. The molecule has 0 spiro atoms. The number of non-ortho nitro benzene ring substituents is 1. The third-order valence-corrected chi connectivity index (χ3v) is 5.59. The number of ether oxygens (including phenoxy) is 2. The summed E-state index contributed by atoms with van der Waals surface area (Å²) in [7, 11) is 3.06. The minimum Gasteiger partial charge on any atom is -0.493 e. The number of fused-ring (bicyclic) bond motifs is 1. The fourth-order valence-corrected chi connectivity index (χ4v) is 4.02. The third kappa shape index (κ3) is 3.95. The van der Waals surface area contributed by atoms with Crippen molar-refractivity contribution in [3.05, 3.63) is 87.2 Å². The van der Waals surface area contributed by atoms with Gasteiger partial charge in [-0.05, 0) is 36.4 Å². The van der Waals surface area contributed by atoms with Crippen molar-refractivity contribution in [2.75, 3.05) is 14.2 Å². The van der Waals surface area contributed by atoms with Crippen LogP contribution >= 0.6 is 11.8 Å². The normalized spacial score (nSPS) is 10.8. The Balaban J connectivity index is 1.90. The molecule has 0 fully saturated rings. The predicted molar refractivity (Wildman–Crippen MR) is 118 cm³/mol. The monoisotopic (exact) mass is 435 g/mol. The number of hydrogen-bond donors (Lipinski definition) is 0. The minimum atomic E-state index is -0.456. The van der Waals surface area contributed by atoms with Crippen LogP contribution in [0.5, 0.6) is 11.5 Å². The molecule has 0 saturated heterocycles. The van der Waals surface area contributed by atoms with Gasteiger partial charge < -0.3 is 9.47 Å². The number of hydrogen-bond acceptors (Lipinski definition) is 7. The molecule has 0 unspecified atom stereocenters. The first-order valence-corrected chi connectivity index (χ1v) is 10.00. The van der Waals surface area contributed by atoms with E-state index in [2.05, 4.69) is 4.98 Å². The molecule has 0 amide bonds. The molecule has 1 aromatic heterocycles. The van der Waals surface area contributed by atoms with Crippen LogP contribution in [0.15, 0.2) is 81.6 Å². The van der Waals surface area contributed by atoms with Gasteiger partial charge in [0.2, 0.25) is 0 Å². The second-order valence-corrected chi connectivity index (χ2v) is 7.49. The molecular formula is C22H17N3O5S. The number of aromatic nitrogens is 2. The van der Waals surface area contributed by atoms with Gasteiger partial charge in [0.25, 0.3) is 11.2 Å². The second-order valence-electron chi connectivity index (χ2n) is 6.44. The fourth-order valence-electron chi connectivity index (χ4n) is 3.11. The Kier molecular flexibility index (Phi) is 5.59. The van der Waals surface area contributed by atoms with Crippen LogP contribution in [0.2, 0.25) is 0 Å². The third-order valence-electron chi connectivity index (χ3n) is 4.63. The summed E-state index contributed by atoms with van der Waals surface area (Å²) in [4.78, 5) is 29.3. The van der Waals surface area contributed by atoms with Crippen molar-refractivity contribution >= 4 is 28.4 Å². The Morgan fingerprint density at radius 3 is 2.35 bits per heavy atom. The lowest BCUT2D eigenvalue weighted by Gasteiger charge is -2.15. The predicted octanol–water partition coefficient (Wildman–Crippen LogP) is 4.46. The number of methoxy groups -OCH3 is 2. The highest BCUT2D eigenvalue weighted by Crippen LogP contribution is 2.33. The molecule has 0 bridgehead atoms. The van der Waals surface area contributed by atoms with E-state index in [1.165, 1.54) is 42.7 Å². The van der Waals surface area contributed by atoms with Gasteiger partial charge in [-0.1, -0.05) is 23.9 Å². The zero-order valence-electron chi connectivity index (χ0n) is 16.6. The first-order valence-electron chi connectivity index (χ1n) is 9.18. The molecule has 9 heteroatoms. The zero-order chi connectivity index (χ0) is 22.0. The van der Waals surface area contributed by atoms with Crippen LogP contribution in [0, 0.1) is 10.1 Å². The van der Waals surface area contributed by atoms with Crippen LogP contribution in [-0.4, -0.2) is 28.7 Å². The highest BCUT2D eigenvalue weighted by Gasteiger charge is 2.16. The lowest BCUT2D eigenvalue weighted by molar-refractivity contribution is -0.384. The van der Waals surface area contributed by atoms with Gasteiger partial charge in [-0.2, -0.15) is 0 Å². The SMILES string of the molecule is COc1ccc(-n2c(Sc3ccc([N+](=O)[O-])cc3)nc3ccccc3c2=O)cc1OC.